The van der Waals surface area contributed by atoms with Gasteiger partial charge in [-0.1, -0.05) is 0 Å². The molecule has 2 aliphatic heterocycles. The molecule has 6 nitrogen and oxygen atoms in total. The number of carboxylic acid groups (broad SMARTS) is 1. The summed E-state index contributed by atoms with van der Waals surface area (Å²) in [5.41, 5.74) is 0. The summed E-state index contributed by atoms with van der Waals surface area (Å²) in [5, 5.41) is 9.13. The Bertz CT molecular complexity index is 366. The Labute approximate surface area is 117 Å². The minimum atomic E-state index is -0.910. The number of rotatable bonds is 2. The quantitative estimate of drug-likeness (QED) is 0.805. The number of amides is 2. The summed E-state index contributed by atoms with van der Waals surface area (Å²) in [6, 6.07) is -0.648. The van der Waals surface area contributed by atoms with Gasteiger partial charge in [-0.25, -0.2) is 9.59 Å². The minimum absolute atomic E-state index is 0.155. The van der Waals surface area contributed by atoms with E-state index in [1.54, 1.807) is 11.9 Å². The molecule has 2 aliphatic rings. The van der Waals surface area contributed by atoms with Crippen molar-refractivity contribution in [2.75, 3.05) is 38.8 Å². The number of hydrogen-bond acceptors (Lipinski definition) is 4. The Morgan fingerprint density at radius 1 is 1.42 bits per heavy atom. The standard InChI is InChI=1S/C12H21N3O3S/c1-13-5-3-4-9(6-13)14(2)12(18)15-8-19-7-10(15)11(16)17/h9-10H,3-8H2,1-2H3,(H,16,17). The van der Waals surface area contributed by atoms with Crippen LogP contribution in [-0.4, -0.2) is 82.7 Å². The molecule has 2 fully saturated rings. The van der Waals surface area contributed by atoms with Crippen LogP contribution in [0.4, 0.5) is 4.79 Å². The summed E-state index contributed by atoms with van der Waals surface area (Å²) in [5.74, 6) is 0.0508. The first-order valence-corrected chi connectivity index (χ1v) is 7.68. The van der Waals surface area contributed by atoms with Crippen molar-refractivity contribution in [1.82, 2.24) is 14.7 Å². The van der Waals surface area contributed by atoms with Gasteiger partial charge in [0.25, 0.3) is 0 Å². The van der Waals surface area contributed by atoms with Gasteiger partial charge in [-0.3, -0.25) is 0 Å². The molecule has 0 aliphatic carbocycles. The lowest BCUT2D eigenvalue weighted by atomic mass is 10.1. The number of likely N-dealkylation sites (tertiary alicyclic amines) is 1. The van der Waals surface area contributed by atoms with Crippen molar-refractivity contribution in [1.29, 1.82) is 0 Å². The van der Waals surface area contributed by atoms with Crippen LogP contribution in [0.2, 0.25) is 0 Å². The Morgan fingerprint density at radius 2 is 2.16 bits per heavy atom. The number of piperidine rings is 1. The van der Waals surface area contributed by atoms with E-state index in [9.17, 15) is 9.59 Å². The molecule has 2 unspecified atom stereocenters. The fourth-order valence-corrected chi connectivity index (χ4v) is 3.79. The van der Waals surface area contributed by atoms with Gasteiger partial charge in [-0.2, -0.15) is 0 Å². The van der Waals surface area contributed by atoms with Crippen molar-refractivity contribution in [3.63, 3.8) is 0 Å². The maximum atomic E-state index is 12.4. The van der Waals surface area contributed by atoms with E-state index in [0.29, 0.717) is 11.6 Å². The number of hydrogen-bond donors (Lipinski definition) is 1. The van der Waals surface area contributed by atoms with Gasteiger partial charge in [-0.05, 0) is 26.4 Å². The molecule has 1 N–H and O–H groups in total. The predicted octanol–water partition coefficient (Wildman–Crippen LogP) is 0.592. The third-order valence-corrected chi connectivity index (χ3v) is 4.87. The van der Waals surface area contributed by atoms with Crippen molar-refractivity contribution in [2.45, 2.75) is 24.9 Å². The van der Waals surface area contributed by atoms with E-state index < -0.39 is 12.0 Å². The molecule has 7 heteroatoms. The summed E-state index contributed by atoms with van der Waals surface area (Å²) in [7, 11) is 3.84. The van der Waals surface area contributed by atoms with E-state index in [2.05, 4.69) is 11.9 Å². The van der Waals surface area contributed by atoms with Crippen molar-refractivity contribution >= 4 is 23.8 Å². The van der Waals surface area contributed by atoms with Crippen LogP contribution in [0.15, 0.2) is 0 Å². The fraction of sp³-hybridized carbons (Fsp3) is 0.833. The summed E-state index contributed by atoms with van der Waals surface area (Å²) >= 11 is 1.50. The van der Waals surface area contributed by atoms with Crippen molar-refractivity contribution in [2.24, 2.45) is 0 Å². The number of nitrogens with zero attached hydrogens (tertiary/aromatic N) is 3. The van der Waals surface area contributed by atoms with E-state index in [4.69, 9.17) is 5.11 Å². The van der Waals surface area contributed by atoms with Crippen molar-refractivity contribution in [3.05, 3.63) is 0 Å². The zero-order chi connectivity index (χ0) is 14.0. The van der Waals surface area contributed by atoms with E-state index >= 15 is 0 Å². The van der Waals surface area contributed by atoms with Crippen LogP contribution in [0, 0.1) is 0 Å². The predicted molar refractivity (Wildman–Crippen MR) is 74.3 cm³/mol. The second-order valence-corrected chi connectivity index (χ2v) is 6.28. The molecule has 0 saturated carbocycles. The molecule has 2 rings (SSSR count). The first kappa shape index (κ1) is 14.5. The van der Waals surface area contributed by atoms with E-state index in [1.807, 2.05) is 0 Å². The lowest BCUT2D eigenvalue weighted by Gasteiger charge is -2.38. The maximum absolute atomic E-state index is 12.4. The van der Waals surface area contributed by atoms with Crippen LogP contribution < -0.4 is 0 Å². The largest absolute Gasteiger partial charge is 0.480 e. The number of carbonyl (C=O) groups is 2. The van der Waals surface area contributed by atoms with Crippen LogP contribution in [-0.2, 0) is 4.79 Å². The van der Waals surface area contributed by atoms with E-state index in [0.717, 1.165) is 25.9 Å². The number of aliphatic carboxylic acids is 1. The van der Waals surface area contributed by atoms with Crippen LogP contribution in [0.3, 0.4) is 0 Å². The van der Waals surface area contributed by atoms with E-state index in [-0.39, 0.29) is 12.1 Å². The molecule has 0 radical (unpaired) electrons. The summed E-state index contributed by atoms with van der Waals surface area (Å²) in [4.78, 5) is 29.0. The molecule has 19 heavy (non-hydrogen) atoms. The lowest BCUT2D eigenvalue weighted by Crippen LogP contribution is -2.54. The molecule has 0 aromatic rings. The lowest BCUT2D eigenvalue weighted by molar-refractivity contribution is -0.141. The maximum Gasteiger partial charge on any atom is 0.327 e. The molecular formula is C12H21N3O3S. The third kappa shape index (κ3) is 3.14. The number of carboxylic acids is 1. The van der Waals surface area contributed by atoms with Crippen molar-refractivity contribution in [3.8, 4) is 0 Å². The second-order valence-electron chi connectivity index (χ2n) is 5.28. The summed E-state index contributed by atoms with van der Waals surface area (Å²) < 4.78 is 0. The number of thioether (sulfide) groups is 1. The Hall–Kier alpha value is -0.950. The molecular weight excluding hydrogens is 266 g/mol. The van der Waals surface area contributed by atoms with Crippen LogP contribution in [0.25, 0.3) is 0 Å². The highest BCUT2D eigenvalue weighted by Gasteiger charge is 2.37. The van der Waals surface area contributed by atoms with Gasteiger partial charge in [-0.15, -0.1) is 11.8 Å². The Morgan fingerprint density at radius 3 is 2.79 bits per heavy atom. The van der Waals surface area contributed by atoms with Gasteiger partial charge in [0.2, 0.25) is 0 Å². The van der Waals surface area contributed by atoms with Gasteiger partial charge < -0.3 is 19.8 Å². The average Bonchev–Trinajstić information content (AvgIpc) is 2.86. The molecule has 0 bridgehead atoms. The number of urea groups is 1. The summed E-state index contributed by atoms with van der Waals surface area (Å²) in [6.45, 7) is 1.93. The van der Waals surface area contributed by atoms with Gasteiger partial charge in [0, 0.05) is 25.4 Å². The monoisotopic (exact) mass is 287 g/mol. The summed E-state index contributed by atoms with van der Waals surface area (Å²) in [6.07, 6.45) is 2.07. The first-order chi connectivity index (χ1) is 9.00. The van der Waals surface area contributed by atoms with Gasteiger partial charge in [0.1, 0.15) is 6.04 Å². The normalized spacial score (nSPS) is 28.4. The van der Waals surface area contributed by atoms with Gasteiger partial charge in [0.15, 0.2) is 0 Å². The third-order valence-electron chi connectivity index (χ3n) is 3.86. The van der Waals surface area contributed by atoms with Crippen LogP contribution in [0.5, 0.6) is 0 Å². The molecule has 2 amide bonds. The number of carbonyl (C=O) groups excluding carboxylic acids is 1. The SMILES string of the molecule is CN1CCCC(N(C)C(=O)N2CSCC2C(=O)O)C1. The Kier molecular flexibility index (Phi) is 4.57. The van der Waals surface area contributed by atoms with Gasteiger partial charge in [0.05, 0.1) is 5.88 Å². The van der Waals surface area contributed by atoms with Crippen LogP contribution >= 0.6 is 11.8 Å². The molecule has 2 heterocycles. The van der Waals surface area contributed by atoms with E-state index in [1.165, 1.54) is 16.7 Å². The van der Waals surface area contributed by atoms with Crippen molar-refractivity contribution < 1.29 is 14.7 Å². The second kappa shape index (κ2) is 6.00. The average molecular weight is 287 g/mol. The zero-order valence-electron chi connectivity index (χ0n) is 11.4. The minimum Gasteiger partial charge on any atom is -0.480 e. The number of likely N-dealkylation sites (N-methyl/N-ethyl adjacent to an activating group) is 2. The highest BCUT2D eigenvalue weighted by atomic mass is 32.2. The molecule has 0 aromatic carbocycles. The molecule has 2 atom stereocenters. The topological polar surface area (TPSA) is 64.1 Å². The van der Waals surface area contributed by atoms with Crippen LogP contribution in [0.1, 0.15) is 12.8 Å². The molecule has 0 aromatic heterocycles. The zero-order valence-corrected chi connectivity index (χ0v) is 12.2. The van der Waals surface area contributed by atoms with Gasteiger partial charge >= 0.3 is 12.0 Å². The smallest absolute Gasteiger partial charge is 0.327 e. The molecule has 108 valence electrons. The Balaban J connectivity index is 2.00. The molecule has 0 spiro atoms. The fourth-order valence-electron chi connectivity index (χ4n) is 2.65. The molecule has 2 saturated heterocycles. The highest BCUT2D eigenvalue weighted by Crippen LogP contribution is 2.24. The highest BCUT2D eigenvalue weighted by molar-refractivity contribution is 7.99. The first-order valence-electron chi connectivity index (χ1n) is 6.53.